The molecule has 0 bridgehead atoms. The molecule has 1 aliphatic carbocycles. The lowest BCUT2D eigenvalue weighted by atomic mass is 10.2. The molecule has 2 aromatic rings. The Bertz CT molecular complexity index is 762. The van der Waals surface area contributed by atoms with Gasteiger partial charge in [-0.25, -0.2) is 0 Å². The molecular formula is C18H17ClN2O2S. The lowest BCUT2D eigenvalue weighted by Gasteiger charge is -2.08. The Morgan fingerprint density at radius 2 is 1.92 bits per heavy atom. The first kappa shape index (κ1) is 16.9. The largest absolute Gasteiger partial charge is 0.349 e. The second-order valence-corrected chi connectivity index (χ2v) is 7.02. The molecule has 1 fully saturated rings. The maximum Gasteiger partial charge on any atom is 0.251 e. The van der Waals surface area contributed by atoms with Gasteiger partial charge in [-0.1, -0.05) is 29.8 Å². The molecule has 0 radical (unpaired) electrons. The Kier molecular flexibility index (Phi) is 5.43. The number of benzene rings is 2. The Labute approximate surface area is 150 Å². The van der Waals surface area contributed by atoms with Gasteiger partial charge in [0.15, 0.2) is 0 Å². The Balaban J connectivity index is 1.56. The minimum absolute atomic E-state index is 0.0981. The van der Waals surface area contributed by atoms with E-state index in [0.717, 1.165) is 17.7 Å². The molecule has 2 amide bonds. The molecule has 0 aromatic heterocycles. The Morgan fingerprint density at radius 3 is 2.67 bits per heavy atom. The van der Waals surface area contributed by atoms with Crippen molar-refractivity contribution >= 4 is 40.9 Å². The molecule has 4 nitrogen and oxygen atoms in total. The standard InChI is InChI=1S/C18H17ClN2O2S/c19-15-6-1-2-7-16(15)24-11-17(22)20-14-5-3-4-12(10-14)18(23)21-13-8-9-13/h1-7,10,13H,8-9,11H2,(H,20,22)(H,21,23). The van der Waals surface area contributed by atoms with Gasteiger partial charge in [0.2, 0.25) is 5.91 Å². The second-order valence-electron chi connectivity index (χ2n) is 5.60. The number of amides is 2. The van der Waals surface area contributed by atoms with E-state index >= 15 is 0 Å². The summed E-state index contributed by atoms with van der Waals surface area (Å²) in [5, 5.41) is 6.38. The van der Waals surface area contributed by atoms with Gasteiger partial charge in [0, 0.05) is 22.2 Å². The van der Waals surface area contributed by atoms with Crippen LogP contribution in [0.1, 0.15) is 23.2 Å². The minimum Gasteiger partial charge on any atom is -0.349 e. The van der Waals surface area contributed by atoms with E-state index in [0.29, 0.717) is 22.3 Å². The molecule has 1 saturated carbocycles. The highest BCUT2D eigenvalue weighted by molar-refractivity contribution is 8.00. The molecule has 1 aliphatic rings. The van der Waals surface area contributed by atoms with E-state index in [2.05, 4.69) is 10.6 Å². The zero-order chi connectivity index (χ0) is 16.9. The third-order valence-corrected chi connectivity index (χ3v) is 5.03. The van der Waals surface area contributed by atoms with Gasteiger partial charge in [0.25, 0.3) is 5.91 Å². The van der Waals surface area contributed by atoms with Gasteiger partial charge in [0.1, 0.15) is 0 Å². The van der Waals surface area contributed by atoms with E-state index in [4.69, 9.17) is 11.6 Å². The molecule has 0 atom stereocenters. The smallest absolute Gasteiger partial charge is 0.251 e. The van der Waals surface area contributed by atoms with Crippen molar-refractivity contribution in [3.63, 3.8) is 0 Å². The summed E-state index contributed by atoms with van der Waals surface area (Å²) in [5.41, 5.74) is 1.17. The molecule has 0 aliphatic heterocycles. The van der Waals surface area contributed by atoms with Crippen molar-refractivity contribution in [2.45, 2.75) is 23.8 Å². The normalized spacial score (nSPS) is 13.4. The van der Waals surface area contributed by atoms with E-state index < -0.39 is 0 Å². The van der Waals surface area contributed by atoms with Crippen LogP contribution in [0.5, 0.6) is 0 Å². The molecule has 24 heavy (non-hydrogen) atoms. The molecule has 3 rings (SSSR count). The van der Waals surface area contributed by atoms with Crippen LogP contribution in [-0.4, -0.2) is 23.6 Å². The van der Waals surface area contributed by atoms with Gasteiger partial charge in [-0.3, -0.25) is 9.59 Å². The number of halogens is 1. The van der Waals surface area contributed by atoms with Crippen LogP contribution in [0, 0.1) is 0 Å². The van der Waals surface area contributed by atoms with Crippen molar-refractivity contribution in [3.05, 3.63) is 59.1 Å². The second kappa shape index (κ2) is 7.73. The number of rotatable bonds is 6. The molecule has 2 aromatic carbocycles. The summed E-state index contributed by atoms with van der Waals surface area (Å²) < 4.78 is 0. The number of hydrogen-bond donors (Lipinski definition) is 2. The maximum atomic E-state index is 12.1. The molecule has 0 spiro atoms. The lowest BCUT2D eigenvalue weighted by molar-refractivity contribution is -0.113. The van der Waals surface area contributed by atoms with E-state index in [1.165, 1.54) is 11.8 Å². The molecule has 124 valence electrons. The average molecular weight is 361 g/mol. The highest BCUT2D eigenvalue weighted by Gasteiger charge is 2.23. The van der Waals surface area contributed by atoms with Crippen LogP contribution in [0.25, 0.3) is 0 Å². The number of thioether (sulfide) groups is 1. The van der Waals surface area contributed by atoms with Crippen LogP contribution in [-0.2, 0) is 4.79 Å². The van der Waals surface area contributed by atoms with Crippen molar-refractivity contribution in [1.29, 1.82) is 0 Å². The summed E-state index contributed by atoms with van der Waals surface area (Å²) in [6.45, 7) is 0. The third-order valence-electron chi connectivity index (χ3n) is 3.52. The monoisotopic (exact) mass is 360 g/mol. The average Bonchev–Trinajstić information content (AvgIpc) is 3.38. The van der Waals surface area contributed by atoms with Gasteiger partial charge in [-0.15, -0.1) is 11.8 Å². The van der Waals surface area contributed by atoms with Gasteiger partial charge < -0.3 is 10.6 Å². The summed E-state index contributed by atoms with van der Waals surface area (Å²) in [6, 6.07) is 14.7. The van der Waals surface area contributed by atoms with Crippen LogP contribution in [0.15, 0.2) is 53.4 Å². The summed E-state index contributed by atoms with van der Waals surface area (Å²) in [5.74, 6) is 0.0149. The summed E-state index contributed by atoms with van der Waals surface area (Å²) >= 11 is 7.45. The van der Waals surface area contributed by atoms with Crippen molar-refractivity contribution in [3.8, 4) is 0 Å². The molecule has 6 heteroatoms. The van der Waals surface area contributed by atoms with Crippen LogP contribution in [0.2, 0.25) is 5.02 Å². The van der Waals surface area contributed by atoms with Crippen LogP contribution < -0.4 is 10.6 Å². The Morgan fingerprint density at radius 1 is 1.12 bits per heavy atom. The van der Waals surface area contributed by atoms with Gasteiger partial charge in [-0.2, -0.15) is 0 Å². The predicted octanol–water partition coefficient (Wildman–Crippen LogP) is 3.96. The summed E-state index contributed by atoms with van der Waals surface area (Å²) in [6.07, 6.45) is 2.09. The van der Waals surface area contributed by atoms with E-state index in [-0.39, 0.29) is 17.6 Å². The molecule has 0 unspecified atom stereocenters. The van der Waals surface area contributed by atoms with Gasteiger partial charge in [-0.05, 0) is 43.2 Å². The fraction of sp³-hybridized carbons (Fsp3) is 0.222. The first-order chi connectivity index (χ1) is 11.6. The minimum atomic E-state index is -0.139. The van der Waals surface area contributed by atoms with E-state index in [1.807, 2.05) is 18.2 Å². The van der Waals surface area contributed by atoms with Crippen molar-refractivity contribution < 1.29 is 9.59 Å². The molecule has 2 N–H and O–H groups in total. The van der Waals surface area contributed by atoms with Crippen molar-refractivity contribution in [1.82, 2.24) is 5.32 Å². The highest BCUT2D eigenvalue weighted by Crippen LogP contribution is 2.26. The zero-order valence-electron chi connectivity index (χ0n) is 12.9. The maximum absolute atomic E-state index is 12.1. The van der Waals surface area contributed by atoms with E-state index in [9.17, 15) is 9.59 Å². The number of hydrogen-bond acceptors (Lipinski definition) is 3. The highest BCUT2D eigenvalue weighted by atomic mass is 35.5. The fourth-order valence-corrected chi connectivity index (χ4v) is 3.18. The number of nitrogens with one attached hydrogen (secondary N) is 2. The topological polar surface area (TPSA) is 58.2 Å². The Hall–Kier alpha value is -1.98. The van der Waals surface area contributed by atoms with Gasteiger partial charge in [0.05, 0.1) is 10.8 Å². The number of anilines is 1. The molecule has 0 heterocycles. The predicted molar refractivity (Wildman–Crippen MR) is 97.7 cm³/mol. The number of carbonyl (C=O) groups excluding carboxylic acids is 2. The SMILES string of the molecule is O=C(CSc1ccccc1Cl)Nc1cccc(C(=O)NC2CC2)c1. The van der Waals surface area contributed by atoms with Crippen LogP contribution >= 0.6 is 23.4 Å². The molecular weight excluding hydrogens is 344 g/mol. The third kappa shape index (κ3) is 4.76. The van der Waals surface area contributed by atoms with E-state index in [1.54, 1.807) is 30.3 Å². The summed E-state index contributed by atoms with van der Waals surface area (Å²) in [4.78, 5) is 25.0. The van der Waals surface area contributed by atoms with Crippen LogP contribution in [0.3, 0.4) is 0 Å². The van der Waals surface area contributed by atoms with Crippen molar-refractivity contribution in [2.24, 2.45) is 0 Å². The quantitative estimate of drug-likeness (QED) is 0.766. The lowest BCUT2D eigenvalue weighted by Crippen LogP contribution is -2.25. The summed E-state index contributed by atoms with van der Waals surface area (Å²) in [7, 11) is 0. The fourth-order valence-electron chi connectivity index (χ4n) is 2.14. The molecule has 0 saturated heterocycles. The zero-order valence-corrected chi connectivity index (χ0v) is 14.5. The first-order valence-electron chi connectivity index (χ1n) is 7.70. The number of carbonyl (C=O) groups is 2. The van der Waals surface area contributed by atoms with Gasteiger partial charge >= 0.3 is 0 Å². The van der Waals surface area contributed by atoms with Crippen LogP contribution in [0.4, 0.5) is 5.69 Å². The van der Waals surface area contributed by atoms with Crippen molar-refractivity contribution in [2.75, 3.05) is 11.1 Å². The first-order valence-corrected chi connectivity index (χ1v) is 9.06.